The lowest BCUT2D eigenvalue weighted by atomic mass is 10.1. The number of hydrogen-bond donors (Lipinski definition) is 2. The average molecular weight is 415 g/mol. The minimum Gasteiger partial charge on any atom is -0.482 e. The molecule has 4 rings (SSSR count). The summed E-state index contributed by atoms with van der Waals surface area (Å²) >= 11 is 0. The molecule has 0 unspecified atom stereocenters. The standard InChI is InChI=1S/C22H17N5O4/c1-13(14-3-2-4-17(9-14)31-12-20(28)29)27-21(30)18-10-15(5-6-16(18)11-25-27)19-7-8-24-22(23)26-19/h2-11H,1,12H2,(H,28,29)(H2,23,24,26). The Morgan fingerprint density at radius 3 is 2.81 bits per heavy atom. The molecule has 9 nitrogen and oxygen atoms in total. The molecular formula is C22H17N5O4. The monoisotopic (exact) mass is 415 g/mol. The van der Waals surface area contributed by atoms with Crippen LogP contribution in [0.2, 0.25) is 0 Å². The second kappa shape index (κ2) is 8.07. The van der Waals surface area contributed by atoms with Gasteiger partial charge in [-0.3, -0.25) is 4.79 Å². The van der Waals surface area contributed by atoms with E-state index in [0.29, 0.717) is 39.0 Å². The lowest BCUT2D eigenvalue weighted by Gasteiger charge is -2.11. The van der Waals surface area contributed by atoms with Crippen LogP contribution >= 0.6 is 0 Å². The molecule has 31 heavy (non-hydrogen) atoms. The molecule has 0 saturated heterocycles. The molecule has 0 saturated carbocycles. The van der Waals surface area contributed by atoms with Gasteiger partial charge in [-0.1, -0.05) is 30.8 Å². The molecule has 2 heterocycles. The predicted molar refractivity (Wildman–Crippen MR) is 115 cm³/mol. The van der Waals surface area contributed by atoms with Gasteiger partial charge in [-0.15, -0.1) is 0 Å². The molecule has 0 bridgehead atoms. The van der Waals surface area contributed by atoms with Crippen LogP contribution in [0.15, 0.2) is 72.3 Å². The number of fused-ring (bicyclic) bond motifs is 1. The molecule has 2 aromatic carbocycles. The fourth-order valence-corrected chi connectivity index (χ4v) is 3.06. The third-order valence-electron chi connectivity index (χ3n) is 4.54. The van der Waals surface area contributed by atoms with Crippen LogP contribution in [0.3, 0.4) is 0 Å². The van der Waals surface area contributed by atoms with Crippen LogP contribution in [0.1, 0.15) is 5.56 Å². The van der Waals surface area contributed by atoms with Crippen molar-refractivity contribution in [3.05, 3.63) is 83.4 Å². The van der Waals surface area contributed by atoms with Crippen LogP contribution < -0.4 is 16.0 Å². The molecule has 0 aliphatic carbocycles. The van der Waals surface area contributed by atoms with Crippen LogP contribution in [0.25, 0.3) is 27.7 Å². The molecule has 0 spiro atoms. The van der Waals surface area contributed by atoms with Gasteiger partial charge in [-0.25, -0.2) is 14.8 Å². The van der Waals surface area contributed by atoms with Gasteiger partial charge < -0.3 is 15.6 Å². The molecule has 9 heteroatoms. The normalized spacial score (nSPS) is 10.7. The Balaban J connectivity index is 1.73. The molecule has 4 aromatic rings. The fourth-order valence-electron chi connectivity index (χ4n) is 3.06. The molecule has 154 valence electrons. The summed E-state index contributed by atoms with van der Waals surface area (Å²) in [5.41, 5.74) is 7.51. The second-order valence-electron chi connectivity index (χ2n) is 6.62. The number of carboxylic acids is 1. The van der Waals surface area contributed by atoms with Crippen LogP contribution in [-0.4, -0.2) is 37.4 Å². The first-order valence-corrected chi connectivity index (χ1v) is 9.17. The minimum atomic E-state index is -1.09. The highest BCUT2D eigenvalue weighted by Crippen LogP contribution is 2.23. The summed E-state index contributed by atoms with van der Waals surface area (Å²) in [6.45, 7) is 3.51. The van der Waals surface area contributed by atoms with E-state index < -0.39 is 12.6 Å². The number of benzene rings is 2. The summed E-state index contributed by atoms with van der Waals surface area (Å²) in [5.74, 6) is -0.598. The number of nitrogen functional groups attached to an aromatic ring is 1. The predicted octanol–water partition coefficient (Wildman–Crippen LogP) is 2.42. The fraction of sp³-hybridized carbons (Fsp3) is 0.0455. The smallest absolute Gasteiger partial charge is 0.341 e. The van der Waals surface area contributed by atoms with Crippen molar-refractivity contribution in [1.82, 2.24) is 19.7 Å². The molecule has 0 radical (unpaired) electrons. The molecule has 2 aromatic heterocycles. The topological polar surface area (TPSA) is 133 Å². The Morgan fingerprint density at radius 1 is 1.19 bits per heavy atom. The summed E-state index contributed by atoms with van der Waals surface area (Å²) in [5, 5.41) is 14.1. The van der Waals surface area contributed by atoms with Gasteiger partial charge in [-0.2, -0.15) is 9.78 Å². The lowest BCUT2D eigenvalue weighted by molar-refractivity contribution is -0.139. The summed E-state index contributed by atoms with van der Waals surface area (Å²) in [6.07, 6.45) is 3.12. The van der Waals surface area contributed by atoms with Gasteiger partial charge in [0.05, 0.1) is 23.0 Å². The summed E-state index contributed by atoms with van der Waals surface area (Å²) in [6, 6.07) is 13.7. The molecular weight excluding hydrogens is 398 g/mol. The van der Waals surface area contributed by atoms with Gasteiger partial charge in [-0.05, 0) is 24.3 Å². The summed E-state index contributed by atoms with van der Waals surface area (Å²) < 4.78 is 6.39. The number of carbonyl (C=O) groups is 1. The maximum absolute atomic E-state index is 13.2. The van der Waals surface area contributed by atoms with E-state index in [1.54, 1.807) is 54.9 Å². The molecule has 0 aliphatic heterocycles. The Labute approximate surface area is 176 Å². The SMILES string of the molecule is C=C(c1cccc(OCC(=O)O)c1)n1ncc2ccc(-c3ccnc(N)n3)cc2c1=O. The summed E-state index contributed by atoms with van der Waals surface area (Å²) in [7, 11) is 0. The highest BCUT2D eigenvalue weighted by Gasteiger charge is 2.12. The van der Waals surface area contributed by atoms with Gasteiger partial charge in [0, 0.05) is 22.7 Å². The number of rotatable bonds is 6. The lowest BCUT2D eigenvalue weighted by Crippen LogP contribution is -2.22. The van der Waals surface area contributed by atoms with Gasteiger partial charge >= 0.3 is 5.97 Å². The number of carboxylic acid groups (broad SMARTS) is 1. The Bertz CT molecular complexity index is 1380. The maximum atomic E-state index is 13.2. The van der Waals surface area contributed by atoms with Crippen molar-refractivity contribution in [2.75, 3.05) is 12.3 Å². The van der Waals surface area contributed by atoms with Gasteiger partial charge in [0.2, 0.25) is 5.95 Å². The van der Waals surface area contributed by atoms with Crippen LogP contribution in [0.5, 0.6) is 5.75 Å². The minimum absolute atomic E-state index is 0.142. The van der Waals surface area contributed by atoms with E-state index >= 15 is 0 Å². The first kappa shape index (κ1) is 19.8. The van der Waals surface area contributed by atoms with Crippen LogP contribution in [-0.2, 0) is 4.79 Å². The van der Waals surface area contributed by atoms with Crippen LogP contribution in [0.4, 0.5) is 5.95 Å². The molecule has 3 N–H and O–H groups in total. The number of nitrogens with two attached hydrogens (primary N) is 1. The Morgan fingerprint density at radius 2 is 2.03 bits per heavy atom. The van der Waals surface area contributed by atoms with E-state index in [0.717, 1.165) is 0 Å². The number of aliphatic carboxylic acids is 1. The highest BCUT2D eigenvalue weighted by molar-refractivity contribution is 5.86. The van der Waals surface area contributed by atoms with Crippen molar-refractivity contribution in [3.63, 3.8) is 0 Å². The quantitative estimate of drug-likeness (QED) is 0.490. The second-order valence-corrected chi connectivity index (χ2v) is 6.62. The van der Waals surface area contributed by atoms with Crippen molar-refractivity contribution < 1.29 is 14.6 Å². The zero-order valence-electron chi connectivity index (χ0n) is 16.2. The summed E-state index contributed by atoms with van der Waals surface area (Å²) in [4.78, 5) is 32.0. The van der Waals surface area contributed by atoms with Gasteiger partial charge in [0.1, 0.15) is 5.75 Å². The number of hydrogen-bond acceptors (Lipinski definition) is 7. The van der Waals surface area contributed by atoms with E-state index in [1.165, 1.54) is 4.68 Å². The number of nitrogens with zero attached hydrogens (tertiary/aromatic N) is 4. The van der Waals surface area contributed by atoms with Crippen molar-refractivity contribution in [2.24, 2.45) is 0 Å². The van der Waals surface area contributed by atoms with E-state index in [2.05, 4.69) is 21.6 Å². The van der Waals surface area contributed by atoms with E-state index in [9.17, 15) is 9.59 Å². The zero-order valence-corrected chi connectivity index (χ0v) is 16.2. The highest BCUT2D eigenvalue weighted by atomic mass is 16.5. The molecule has 0 atom stereocenters. The molecule has 0 fully saturated rings. The largest absolute Gasteiger partial charge is 0.482 e. The first-order chi connectivity index (χ1) is 14.9. The average Bonchev–Trinajstić information content (AvgIpc) is 2.77. The Kier molecular flexibility index (Phi) is 5.15. The zero-order chi connectivity index (χ0) is 22.0. The maximum Gasteiger partial charge on any atom is 0.341 e. The Hall–Kier alpha value is -4.53. The van der Waals surface area contributed by atoms with E-state index in [1.807, 2.05) is 6.07 Å². The van der Waals surface area contributed by atoms with E-state index in [-0.39, 0.29) is 11.5 Å². The number of ether oxygens (including phenoxy) is 1. The third-order valence-corrected chi connectivity index (χ3v) is 4.54. The van der Waals surface area contributed by atoms with Crippen LogP contribution in [0, 0.1) is 0 Å². The van der Waals surface area contributed by atoms with Crippen molar-refractivity contribution in [3.8, 4) is 17.0 Å². The number of anilines is 1. The first-order valence-electron chi connectivity index (χ1n) is 9.17. The molecule has 0 aliphatic rings. The number of aromatic nitrogens is 4. The van der Waals surface area contributed by atoms with Crippen molar-refractivity contribution in [2.45, 2.75) is 0 Å². The van der Waals surface area contributed by atoms with E-state index in [4.69, 9.17) is 15.6 Å². The van der Waals surface area contributed by atoms with Crippen molar-refractivity contribution in [1.29, 1.82) is 0 Å². The van der Waals surface area contributed by atoms with Gasteiger partial charge in [0.25, 0.3) is 5.56 Å². The third kappa shape index (κ3) is 4.10. The molecule has 0 amide bonds. The van der Waals surface area contributed by atoms with Crippen molar-refractivity contribution >= 4 is 28.4 Å². The van der Waals surface area contributed by atoms with Gasteiger partial charge in [0.15, 0.2) is 6.61 Å².